The van der Waals surface area contributed by atoms with E-state index in [-0.39, 0.29) is 5.91 Å². The molecule has 20 heavy (non-hydrogen) atoms. The van der Waals surface area contributed by atoms with Crippen LogP contribution in [0.3, 0.4) is 0 Å². The van der Waals surface area contributed by atoms with Crippen molar-refractivity contribution in [3.05, 3.63) is 63.6 Å². The van der Waals surface area contributed by atoms with Crippen molar-refractivity contribution in [3.63, 3.8) is 0 Å². The monoisotopic (exact) mass is 369 g/mol. The van der Waals surface area contributed by atoms with Crippen LogP contribution < -0.4 is 5.32 Å². The summed E-state index contributed by atoms with van der Waals surface area (Å²) in [7, 11) is 0. The molecule has 2 rings (SSSR count). The van der Waals surface area contributed by atoms with Gasteiger partial charge in [-0.2, -0.15) is 0 Å². The van der Waals surface area contributed by atoms with Crippen LogP contribution in [0.1, 0.15) is 5.56 Å². The summed E-state index contributed by atoms with van der Waals surface area (Å²) in [4.78, 5) is 11.8. The minimum atomic E-state index is -0.0462. The van der Waals surface area contributed by atoms with E-state index in [0.29, 0.717) is 16.5 Å². The zero-order chi connectivity index (χ0) is 14.4. The van der Waals surface area contributed by atoms with Gasteiger partial charge in [0.2, 0.25) is 5.91 Å². The van der Waals surface area contributed by atoms with E-state index in [4.69, 9.17) is 11.6 Å². The Morgan fingerprint density at radius 3 is 2.60 bits per heavy atom. The molecule has 0 heterocycles. The van der Waals surface area contributed by atoms with Gasteiger partial charge in [0.05, 0.1) is 16.5 Å². The summed E-state index contributed by atoms with van der Waals surface area (Å²) in [5.74, 6) is 1.14. The normalized spacial score (nSPS) is 10.3. The van der Waals surface area contributed by atoms with Gasteiger partial charge in [-0.05, 0) is 23.8 Å². The highest BCUT2D eigenvalue weighted by atomic mass is 79.9. The first-order valence-corrected chi connectivity index (χ1v) is 8.35. The third-order valence-corrected chi connectivity index (χ3v) is 4.68. The molecule has 2 aromatic carbocycles. The molecule has 2 aromatic rings. The number of hydrogen-bond acceptors (Lipinski definition) is 2. The van der Waals surface area contributed by atoms with Crippen molar-refractivity contribution >= 4 is 50.9 Å². The molecule has 1 N–H and O–H groups in total. The van der Waals surface area contributed by atoms with Gasteiger partial charge in [0.15, 0.2) is 0 Å². The molecule has 0 saturated heterocycles. The van der Waals surface area contributed by atoms with Crippen LogP contribution in [0.15, 0.2) is 53.0 Å². The average Bonchev–Trinajstić information content (AvgIpc) is 2.43. The summed E-state index contributed by atoms with van der Waals surface area (Å²) in [6.45, 7) is 0. The van der Waals surface area contributed by atoms with E-state index in [1.165, 1.54) is 5.56 Å². The molecule has 0 radical (unpaired) electrons. The smallest absolute Gasteiger partial charge is 0.234 e. The first kappa shape index (κ1) is 15.4. The molecule has 104 valence electrons. The summed E-state index contributed by atoms with van der Waals surface area (Å²) in [5.41, 5.74) is 1.84. The number of rotatable bonds is 5. The van der Waals surface area contributed by atoms with E-state index in [2.05, 4.69) is 21.2 Å². The highest BCUT2D eigenvalue weighted by Gasteiger charge is 2.06. The molecule has 0 atom stereocenters. The molecule has 0 aromatic heterocycles. The Morgan fingerprint density at radius 2 is 1.85 bits per heavy atom. The zero-order valence-corrected chi connectivity index (χ0v) is 13.8. The predicted octanol–water partition coefficient (Wildman–Crippen LogP) is 4.97. The van der Waals surface area contributed by atoms with Crippen LogP contribution in [-0.2, 0) is 10.5 Å². The molecular weight excluding hydrogens is 358 g/mol. The molecular formula is C15H13BrClNOS. The first-order valence-electron chi connectivity index (χ1n) is 6.02. The molecule has 2 nitrogen and oxygen atoms in total. The van der Waals surface area contributed by atoms with Crippen LogP contribution in [0.2, 0.25) is 5.02 Å². The van der Waals surface area contributed by atoms with Gasteiger partial charge in [0.25, 0.3) is 0 Å². The maximum absolute atomic E-state index is 11.8. The van der Waals surface area contributed by atoms with Crippen molar-refractivity contribution in [2.45, 2.75) is 5.75 Å². The fourth-order valence-corrected chi connectivity index (χ4v) is 3.24. The lowest BCUT2D eigenvalue weighted by molar-refractivity contribution is -0.113. The van der Waals surface area contributed by atoms with Crippen molar-refractivity contribution in [2.75, 3.05) is 11.1 Å². The molecule has 0 aliphatic rings. The molecule has 0 spiro atoms. The number of anilines is 1. The van der Waals surface area contributed by atoms with Crippen molar-refractivity contribution < 1.29 is 4.79 Å². The molecule has 0 bridgehead atoms. The number of halogens is 2. The number of carbonyl (C=O) groups is 1. The van der Waals surface area contributed by atoms with Crippen molar-refractivity contribution in [1.29, 1.82) is 0 Å². The van der Waals surface area contributed by atoms with Crippen LogP contribution in [0.5, 0.6) is 0 Å². The maximum atomic E-state index is 11.8. The minimum absolute atomic E-state index is 0.0462. The Hall–Kier alpha value is -0.970. The van der Waals surface area contributed by atoms with E-state index in [0.717, 1.165) is 10.2 Å². The molecule has 0 aliphatic carbocycles. The average molecular weight is 371 g/mol. The number of amides is 1. The number of thioether (sulfide) groups is 1. The fraction of sp³-hybridized carbons (Fsp3) is 0.133. The van der Waals surface area contributed by atoms with Crippen LogP contribution >= 0.6 is 39.3 Å². The van der Waals surface area contributed by atoms with Gasteiger partial charge in [0, 0.05) is 10.2 Å². The van der Waals surface area contributed by atoms with Crippen LogP contribution in [0.25, 0.3) is 0 Å². The number of para-hydroxylation sites is 1. The Balaban J connectivity index is 1.82. The van der Waals surface area contributed by atoms with Crippen molar-refractivity contribution in [1.82, 2.24) is 0 Å². The van der Waals surface area contributed by atoms with Gasteiger partial charge in [-0.25, -0.2) is 0 Å². The van der Waals surface area contributed by atoms with Crippen molar-refractivity contribution in [2.24, 2.45) is 0 Å². The van der Waals surface area contributed by atoms with E-state index in [1.54, 1.807) is 23.9 Å². The van der Waals surface area contributed by atoms with E-state index >= 15 is 0 Å². The molecule has 5 heteroatoms. The molecule has 0 unspecified atom stereocenters. The van der Waals surface area contributed by atoms with Gasteiger partial charge in [-0.3, -0.25) is 4.79 Å². The Bertz CT molecular complexity index is 606. The molecule has 0 aliphatic heterocycles. The largest absolute Gasteiger partial charge is 0.324 e. The SMILES string of the molecule is O=C(CSCc1ccccc1Br)Nc1ccccc1Cl. The number of carbonyl (C=O) groups excluding carboxylic acids is 1. The third kappa shape index (κ3) is 4.54. The number of nitrogens with one attached hydrogen (secondary N) is 1. The van der Waals surface area contributed by atoms with Crippen molar-refractivity contribution in [3.8, 4) is 0 Å². The highest BCUT2D eigenvalue weighted by Crippen LogP contribution is 2.23. The summed E-state index contributed by atoms with van der Waals surface area (Å²) < 4.78 is 1.07. The second-order valence-corrected chi connectivity index (χ2v) is 6.36. The van der Waals surface area contributed by atoms with Gasteiger partial charge in [0.1, 0.15) is 0 Å². The van der Waals surface area contributed by atoms with Gasteiger partial charge >= 0.3 is 0 Å². The second-order valence-electron chi connectivity index (χ2n) is 4.11. The van der Waals surface area contributed by atoms with Gasteiger partial charge < -0.3 is 5.32 Å². The second kappa shape index (κ2) is 7.72. The minimum Gasteiger partial charge on any atom is -0.324 e. The fourth-order valence-electron chi connectivity index (χ4n) is 1.62. The van der Waals surface area contributed by atoms with E-state index < -0.39 is 0 Å². The van der Waals surface area contributed by atoms with Crippen LogP contribution in [0.4, 0.5) is 5.69 Å². The maximum Gasteiger partial charge on any atom is 0.234 e. The van der Waals surface area contributed by atoms with E-state index in [9.17, 15) is 4.79 Å². The zero-order valence-electron chi connectivity index (χ0n) is 10.6. The predicted molar refractivity (Wildman–Crippen MR) is 90.4 cm³/mol. The molecule has 1 amide bonds. The van der Waals surface area contributed by atoms with Crippen LogP contribution in [0, 0.1) is 0 Å². The quantitative estimate of drug-likeness (QED) is 0.804. The molecule has 0 saturated carbocycles. The standard InChI is InChI=1S/C15H13BrClNOS/c16-12-6-2-1-5-11(12)9-20-10-15(19)18-14-8-4-3-7-13(14)17/h1-8H,9-10H2,(H,18,19). The Kier molecular flexibility index (Phi) is 5.95. The highest BCUT2D eigenvalue weighted by molar-refractivity contribution is 9.10. The Morgan fingerprint density at radius 1 is 1.15 bits per heavy atom. The molecule has 0 fully saturated rings. The van der Waals surface area contributed by atoms with E-state index in [1.807, 2.05) is 36.4 Å². The first-order chi connectivity index (χ1) is 9.66. The Labute approximate surface area is 136 Å². The summed E-state index contributed by atoms with van der Waals surface area (Å²) in [6.07, 6.45) is 0. The van der Waals surface area contributed by atoms with Gasteiger partial charge in [-0.15, -0.1) is 11.8 Å². The number of benzene rings is 2. The third-order valence-electron chi connectivity index (χ3n) is 2.60. The van der Waals surface area contributed by atoms with Gasteiger partial charge in [-0.1, -0.05) is 57.9 Å². The number of hydrogen-bond donors (Lipinski definition) is 1. The topological polar surface area (TPSA) is 29.1 Å². The summed E-state index contributed by atoms with van der Waals surface area (Å²) >= 11 is 11.1. The lowest BCUT2D eigenvalue weighted by Gasteiger charge is -2.07. The van der Waals surface area contributed by atoms with Crippen LogP contribution in [-0.4, -0.2) is 11.7 Å². The summed E-state index contributed by atoms with van der Waals surface area (Å²) in [6, 6.07) is 15.2. The summed E-state index contributed by atoms with van der Waals surface area (Å²) in [5, 5.41) is 3.36. The lowest BCUT2D eigenvalue weighted by atomic mass is 10.2. The lowest BCUT2D eigenvalue weighted by Crippen LogP contribution is -2.14.